The van der Waals surface area contributed by atoms with Crippen LogP contribution in [-0.2, 0) is 20.6 Å². The molecule has 0 bridgehead atoms. The summed E-state index contributed by atoms with van der Waals surface area (Å²) in [5.41, 5.74) is 0.180. The predicted molar refractivity (Wildman–Crippen MR) is 82.6 cm³/mol. The van der Waals surface area contributed by atoms with Crippen LogP contribution >= 0.6 is 0 Å². The number of carbonyl (C=O) groups is 1. The van der Waals surface area contributed by atoms with E-state index >= 15 is 0 Å². The Bertz CT molecular complexity index is 615. The van der Waals surface area contributed by atoms with Crippen molar-refractivity contribution < 1.29 is 27.1 Å². The Morgan fingerprint density at radius 1 is 1.22 bits per heavy atom. The highest BCUT2D eigenvalue weighted by Gasteiger charge is 2.22. The van der Waals surface area contributed by atoms with E-state index < -0.39 is 28.3 Å². The Morgan fingerprint density at radius 2 is 1.78 bits per heavy atom. The highest BCUT2D eigenvalue weighted by Crippen LogP contribution is 2.19. The first kappa shape index (κ1) is 19.5. The maximum absolute atomic E-state index is 12.4. The average molecular weight is 349 g/mol. The van der Waals surface area contributed by atoms with Gasteiger partial charge in [0.05, 0.1) is 11.7 Å². The van der Waals surface area contributed by atoms with E-state index in [2.05, 4.69) is 4.72 Å². The number of nitrogens with one attached hydrogen (secondary N) is 1. The summed E-state index contributed by atoms with van der Waals surface area (Å²) in [6.07, 6.45) is -2.24. The molecule has 1 atom stereocenters. The van der Waals surface area contributed by atoms with Crippen molar-refractivity contribution in [2.75, 3.05) is 6.54 Å². The highest BCUT2D eigenvalue weighted by atomic mass is 32.2. The monoisotopic (exact) mass is 349 g/mol. The standard InChI is InChI=1S/C15H21F2NO4S/c1-10(2)7-13(15(19)20)8-18-23(21,22)9-11-3-5-12(6-4-11)14(16)17/h3-6,10,13-14,18H,7-9H2,1-2H3,(H,19,20). The molecule has 1 aromatic carbocycles. The van der Waals surface area contributed by atoms with Crippen LogP contribution < -0.4 is 4.72 Å². The van der Waals surface area contributed by atoms with Crippen LogP contribution in [0.25, 0.3) is 0 Å². The van der Waals surface area contributed by atoms with Gasteiger partial charge in [-0.05, 0) is 17.9 Å². The van der Waals surface area contributed by atoms with Crippen LogP contribution in [0, 0.1) is 11.8 Å². The largest absolute Gasteiger partial charge is 0.481 e. The third-order valence-corrected chi connectivity index (χ3v) is 4.56. The first-order valence-corrected chi connectivity index (χ1v) is 8.83. The molecule has 1 unspecified atom stereocenters. The van der Waals surface area contributed by atoms with Crippen LogP contribution in [0.4, 0.5) is 8.78 Å². The van der Waals surface area contributed by atoms with Gasteiger partial charge in [0.15, 0.2) is 0 Å². The lowest BCUT2D eigenvalue weighted by Crippen LogP contribution is -2.34. The summed E-state index contributed by atoms with van der Waals surface area (Å²) in [5, 5.41) is 9.09. The normalized spacial score (nSPS) is 13.5. The number of rotatable bonds is 9. The second-order valence-corrected chi connectivity index (χ2v) is 7.62. The van der Waals surface area contributed by atoms with Crippen molar-refractivity contribution >= 4 is 16.0 Å². The van der Waals surface area contributed by atoms with Gasteiger partial charge in [0, 0.05) is 12.1 Å². The summed E-state index contributed by atoms with van der Waals surface area (Å²) in [5.74, 6) is -2.11. The molecule has 0 saturated carbocycles. The number of sulfonamides is 1. The molecular weight excluding hydrogens is 328 g/mol. The number of aliphatic carboxylic acids is 1. The van der Waals surface area contributed by atoms with Crippen LogP contribution in [0.15, 0.2) is 24.3 Å². The van der Waals surface area contributed by atoms with E-state index in [1.54, 1.807) is 0 Å². The SMILES string of the molecule is CC(C)CC(CNS(=O)(=O)Cc1ccc(C(F)F)cc1)C(=O)O. The van der Waals surface area contributed by atoms with Gasteiger partial charge in [0.25, 0.3) is 6.43 Å². The maximum atomic E-state index is 12.4. The van der Waals surface area contributed by atoms with Crippen molar-refractivity contribution in [2.24, 2.45) is 11.8 Å². The lowest BCUT2D eigenvalue weighted by atomic mass is 9.98. The van der Waals surface area contributed by atoms with Crippen molar-refractivity contribution in [1.29, 1.82) is 0 Å². The number of halogens is 2. The Labute approximate surface area is 134 Å². The highest BCUT2D eigenvalue weighted by molar-refractivity contribution is 7.88. The molecule has 0 spiro atoms. The number of carboxylic acid groups (broad SMARTS) is 1. The minimum Gasteiger partial charge on any atom is -0.481 e. The van der Waals surface area contributed by atoms with Gasteiger partial charge in [-0.3, -0.25) is 4.79 Å². The fraction of sp³-hybridized carbons (Fsp3) is 0.533. The van der Waals surface area contributed by atoms with Gasteiger partial charge in [0.1, 0.15) is 0 Å². The molecule has 0 saturated heterocycles. The molecule has 0 heterocycles. The van der Waals surface area contributed by atoms with Gasteiger partial charge < -0.3 is 5.11 Å². The molecule has 130 valence electrons. The number of carboxylic acids is 1. The third-order valence-electron chi connectivity index (χ3n) is 3.24. The van der Waals surface area contributed by atoms with Gasteiger partial charge in [-0.25, -0.2) is 21.9 Å². The van der Waals surface area contributed by atoms with Crippen LogP contribution in [0.3, 0.4) is 0 Å². The Hall–Kier alpha value is -1.54. The molecule has 0 aromatic heterocycles. The summed E-state index contributed by atoms with van der Waals surface area (Å²) in [6, 6.07) is 5.00. The van der Waals surface area contributed by atoms with Gasteiger partial charge >= 0.3 is 5.97 Å². The predicted octanol–water partition coefficient (Wildman–Crippen LogP) is 2.79. The molecule has 0 radical (unpaired) electrons. The lowest BCUT2D eigenvalue weighted by molar-refractivity contribution is -0.142. The van der Waals surface area contributed by atoms with E-state index in [4.69, 9.17) is 5.11 Å². The summed E-state index contributed by atoms with van der Waals surface area (Å²) in [4.78, 5) is 11.1. The summed E-state index contributed by atoms with van der Waals surface area (Å²) in [7, 11) is -3.73. The van der Waals surface area contributed by atoms with Crippen molar-refractivity contribution in [2.45, 2.75) is 32.4 Å². The molecule has 1 aromatic rings. The first-order chi connectivity index (χ1) is 10.6. The number of alkyl halides is 2. The molecule has 8 heteroatoms. The van der Waals surface area contributed by atoms with Crippen LogP contribution in [-0.4, -0.2) is 26.0 Å². The van der Waals surface area contributed by atoms with Crippen molar-refractivity contribution in [3.05, 3.63) is 35.4 Å². The number of benzene rings is 1. The molecule has 0 amide bonds. The van der Waals surface area contributed by atoms with Crippen molar-refractivity contribution in [3.63, 3.8) is 0 Å². The van der Waals surface area contributed by atoms with Gasteiger partial charge in [-0.2, -0.15) is 0 Å². The zero-order valence-corrected chi connectivity index (χ0v) is 13.8. The maximum Gasteiger partial charge on any atom is 0.307 e. The fourth-order valence-corrected chi connectivity index (χ4v) is 3.29. The zero-order valence-electron chi connectivity index (χ0n) is 13.0. The Morgan fingerprint density at radius 3 is 2.22 bits per heavy atom. The molecule has 0 aliphatic carbocycles. The molecule has 5 nitrogen and oxygen atoms in total. The van der Waals surface area contributed by atoms with E-state index in [0.29, 0.717) is 12.0 Å². The molecule has 0 fully saturated rings. The molecule has 2 N–H and O–H groups in total. The first-order valence-electron chi connectivity index (χ1n) is 7.18. The van der Waals surface area contributed by atoms with E-state index in [1.165, 1.54) is 24.3 Å². The molecule has 23 heavy (non-hydrogen) atoms. The number of hydrogen-bond acceptors (Lipinski definition) is 3. The van der Waals surface area contributed by atoms with E-state index in [1.807, 2.05) is 13.8 Å². The lowest BCUT2D eigenvalue weighted by Gasteiger charge is -2.15. The zero-order chi connectivity index (χ0) is 17.6. The van der Waals surface area contributed by atoms with Crippen LogP contribution in [0.2, 0.25) is 0 Å². The molecular formula is C15H21F2NO4S. The Balaban J connectivity index is 2.66. The smallest absolute Gasteiger partial charge is 0.307 e. The van der Waals surface area contributed by atoms with E-state index in [0.717, 1.165) is 0 Å². The summed E-state index contributed by atoms with van der Waals surface area (Å²) < 4.78 is 51.1. The van der Waals surface area contributed by atoms with Crippen LogP contribution in [0.1, 0.15) is 37.8 Å². The van der Waals surface area contributed by atoms with Gasteiger partial charge in [0.2, 0.25) is 10.0 Å². The van der Waals surface area contributed by atoms with Gasteiger partial charge in [-0.1, -0.05) is 38.1 Å². The Kier molecular flexibility index (Phi) is 7.08. The van der Waals surface area contributed by atoms with Crippen LogP contribution in [0.5, 0.6) is 0 Å². The second kappa shape index (κ2) is 8.35. The minimum atomic E-state index is -3.73. The van der Waals surface area contributed by atoms with Gasteiger partial charge in [-0.15, -0.1) is 0 Å². The van der Waals surface area contributed by atoms with Crippen molar-refractivity contribution in [1.82, 2.24) is 4.72 Å². The van der Waals surface area contributed by atoms with E-state index in [-0.39, 0.29) is 23.8 Å². The molecule has 0 aliphatic rings. The topological polar surface area (TPSA) is 83.5 Å². The minimum absolute atomic E-state index is 0.127. The third kappa shape index (κ3) is 7.04. The van der Waals surface area contributed by atoms with Crippen molar-refractivity contribution in [3.8, 4) is 0 Å². The summed E-state index contributed by atoms with van der Waals surface area (Å²) in [6.45, 7) is 3.52. The molecule has 0 aliphatic heterocycles. The number of hydrogen-bond donors (Lipinski definition) is 2. The van der Waals surface area contributed by atoms with E-state index in [9.17, 15) is 22.0 Å². The summed E-state index contributed by atoms with van der Waals surface area (Å²) >= 11 is 0. The molecule has 1 rings (SSSR count). The average Bonchev–Trinajstić information content (AvgIpc) is 2.43. The quantitative estimate of drug-likeness (QED) is 0.718. The fourth-order valence-electron chi connectivity index (χ4n) is 2.10. The second-order valence-electron chi connectivity index (χ2n) is 5.81.